The van der Waals surface area contributed by atoms with E-state index in [0.29, 0.717) is 11.9 Å². The Morgan fingerprint density at radius 3 is 2.57 bits per heavy atom. The molecule has 2 aliphatic rings. The van der Waals surface area contributed by atoms with Crippen molar-refractivity contribution in [1.82, 2.24) is 14.8 Å². The molecule has 3 nitrogen and oxygen atoms in total. The van der Waals surface area contributed by atoms with Gasteiger partial charge in [-0.3, -0.25) is 4.90 Å². The van der Waals surface area contributed by atoms with Crippen LogP contribution >= 0.6 is 22.9 Å². The Balaban J connectivity index is 1.52. The first kappa shape index (κ1) is 15.7. The van der Waals surface area contributed by atoms with Crippen molar-refractivity contribution in [3.05, 3.63) is 16.1 Å². The van der Waals surface area contributed by atoms with Crippen LogP contribution in [0.3, 0.4) is 0 Å². The van der Waals surface area contributed by atoms with Crippen molar-refractivity contribution < 1.29 is 0 Å². The Labute approximate surface area is 137 Å². The highest BCUT2D eigenvalue weighted by atomic mass is 35.5. The van der Waals surface area contributed by atoms with Gasteiger partial charge in [0.2, 0.25) is 0 Å². The monoisotopic (exact) mass is 327 g/mol. The summed E-state index contributed by atoms with van der Waals surface area (Å²) in [5.74, 6) is 0.528. The van der Waals surface area contributed by atoms with Crippen LogP contribution in [-0.4, -0.2) is 47.0 Å². The fourth-order valence-electron chi connectivity index (χ4n) is 3.65. The first-order valence-electron chi connectivity index (χ1n) is 8.26. The van der Waals surface area contributed by atoms with Crippen LogP contribution in [0, 0.1) is 0 Å². The summed E-state index contributed by atoms with van der Waals surface area (Å²) >= 11 is 7.62. The van der Waals surface area contributed by atoms with Gasteiger partial charge in [-0.1, -0.05) is 6.42 Å². The van der Waals surface area contributed by atoms with Crippen LogP contribution in [0.5, 0.6) is 0 Å². The van der Waals surface area contributed by atoms with Gasteiger partial charge in [-0.2, -0.15) is 0 Å². The number of aromatic nitrogens is 1. The molecule has 0 aliphatic carbocycles. The van der Waals surface area contributed by atoms with E-state index in [-0.39, 0.29) is 0 Å². The van der Waals surface area contributed by atoms with Gasteiger partial charge in [-0.05, 0) is 45.7 Å². The van der Waals surface area contributed by atoms with Gasteiger partial charge >= 0.3 is 0 Å². The van der Waals surface area contributed by atoms with Gasteiger partial charge in [0.25, 0.3) is 0 Å². The molecule has 1 aromatic rings. The van der Waals surface area contributed by atoms with E-state index in [2.05, 4.69) is 27.1 Å². The summed E-state index contributed by atoms with van der Waals surface area (Å²) in [4.78, 5) is 9.98. The first-order valence-corrected chi connectivity index (χ1v) is 9.67. The minimum atomic E-state index is 0.439. The van der Waals surface area contributed by atoms with Gasteiger partial charge in [0.15, 0.2) is 0 Å². The van der Waals surface area contributed by atoms with Crippen LogP contribution in [0.2, 0.25) is 0 Å². The maximum absolute atomic E-state index is 5.86. The van der Waals surface area contributed by atoms with Gasteiger partial charge in [0, 0.05) is 24.5 Å². The lowest BCUT2D eigenvalue weighted by Crippen LogP contribution is -2.47. The quantitative estimate of drug-likeness (QED) is 0.782. The molecule has 2 aliphatic heterocycles. The molecule has 0 N–H and O–H groups in total. The molecule has 3 heterocycles. The molecule has 0 aromatic carbocycles. The second-order valence-corrected chi connectivity index (χ2v) is 7.51. The summed E-state index contributed by atoms with van der Waals surface area (Å²) in [7, 11) is 0. The molecule has 2 fully saturated rings. The largest absolute Gasteiger partial charge is 0.300 e. The summed E-state index contributed by atoms with van der Waals surface area (Å²) in [5, 5.41) is 3.32. The second-order valence-electron chi connectivity index (χ2n) is 6.35. The number of halogens is 1. The zero-order valence-electron chi connectivity index (χ0n) is 12.9. The molecular weight excluding hydrogens is 302 g/mol. The van der Waals surface area contributed by atoms with E-state index in [1.807, 2.05) is 0 Å². The molecular formula is C16H26ClN3S. The van der Waals surface area contributed by atoms with E-state index in [1.165, 1.54) is 63.3 Å². The normalized spacial score (nSPS) is 24.3. The van der Waals surface area contributed by atoms with Crippen LogP contribution in [0.25, 0.3) is 0 Å². The average molecular weight is 328 g/mol. The van der Waals surface area contributed by atoms with Gasteiger partial charge in [0.1, 0.15) is 5.01 Å². The average Bonchev–Trinajstić information content (AvgIpc) is 3.04. The molecule has 3 rings (SSSR count). The number of hydrogen-bond donors (Lipinski definition) is 0. The Hall–Kier alpha value is -0.160. The van der Waals surface area contributed by atoms with Crippen LogP contribution in [-0.2, 0) is 5.88 Å². The summed E-state index contributed by atoms with van der Waals surface area (Å²) in [6.07, 6.45) is 6.86. The highest BCUT2D eigenvalue weighted by Gasteiger charge is 2.28. The van der Waals surface area contributed by atoms with E-state index < -0.39 is 0 Å². The van der Waals surface area contributed by atoms with Crippen molar-refractivity contribution in [2.75, 3.05) is 26.2 Å². The smallest absolute Gasteiger partial charge is 0.110 e. The molecule has 1 aromatic heterocycles. The summed E-state index contributed by atoms with van der Waals surface area (Å²) in [5.41, 5.74) is 1.02. The zero-order chi connectivity index (χ0) is 14.7. The third-order valence-corrected chi connectivity index (χ3v) is 6.36. The minimum absolute atomic E-state index is 0.439. The molecule has 0 saturated carbocycles. The van der Waals surface area contributed by atoms with E-state index in [4.69, 9.17) is 11.6 Å². The molecule has 1 unspecified atom stereocenters. The lowest BCUT2D eigenvalue weighted by Gasteiger charge is -2.41. The predicted octanol–water partition coefficient (Wildman–Crippen LogP) is 3.89. The Morgan fingerprint density at radius 1 is 1.24 bits per heavy atom. The third-order valence-electron chi connectivity index (χ3n) is 5.02. The van der Waals surface area contributed by atoms with E-state index in [9.17, 15) is 0 Å². The number of likely N-dealkylation sites (tertiary alicyclic amines) is 2. The molecule has 118 valence electrons. The van der Waals surface area contributed by atoms with E-state index >= 15 is 0 Å². The highest BCUT2D eigenvalue weighted by Crippen LogP contribution is 2.29. The molecule has 21 heavy (non-hydrogen) atoms. The minimum Gasteiger partial charge on any atom is -0.300 e. The fourth-order valence-corrected chi connectivity index (χ4v) is 4.79. The fraction of sp³-hybridized carbons (Fsp3) is 0.812. The molecule has 0 bridgehead atoms. The number of nitrogens with zero attached hydrogens (tertiary/aromatic N) is 3. The molecule has 5 heteroatoms. The van der Waals surface area contributed by atoms with Crippen LogP contribution in [0.4, 0.5) is 0 Å². The second kappa shape index (κ2) is 7.40. The molecule has 1 atom stereocenters. The first-order chi connectivity index (χ1) is 10.3. The zero-order valence-corrected chi connectivity index (χ0v) is 14.5. The third kappa shape index (κ3) is 3.79. The van der Waals surface area contributed by atoms with Gasteiger partial charge in [-0.15, -0.1) is 22.9 Å². The Morgan fingerprint density at radius 2 is 1.95 bits per heavy atom. The molecule has 0 spiro atoms. The summed E-state index contributed by atoms with van der Waals surface area (Å²) in [6.45, 7) is 7.35. The maximum Gasteiger partial charge on any atom is 0.110 e. The number of piperidine rings is 2. The van der Waals surface area contributed by atoms with Crippen molar-refractivity contribution in [2.24, 2.45) is 0 Å². The van der Waals surface area contributed by atoms with E-state index in [1.54, 1.807) is 11.3 Å². The summed E-state index contributed by atoms with van der Waals surface area (Å²) < 4.78 is 0. The van der Waals surface area contributed by atoms with Crippen LogP contribution in [0.15, 0.2) is 5.38 Å². The number of rotatable bonds is 4. The van der Waals surface area contributed by atoms with Crippen LogP contribution < -0.4 is 0 Å². The van der Waals surface area contributed by atoms with Crippen LogP contribution in [0.1, 0.15) is 55.8 Å². The predicted molar refractivity (Wildman–Crippen MR) is 90.1 cm³/mol. The van der Waals surface area contributed by atoms with Gasteiger partial charge in [0.05, 0.1) is 17.6 Å². The maximum atomic E-state index is 5.86. The number of hydrogen-bond acceptors (Lipinski definition) is 4. The standard InChI is InChI=1S/C16H26ClN3S/c1-13(16-18-14(11-17)12-21-16)19-9-5-15(6-10-19)20-7-3-2-4-8-20/h12-13,15H,2-11H2,1H3. The van der Waals surface area contributed by atoms with Crippen molar-refractivity contribution in [2.45, 2.75) is 57.0 Å². The number of thiazole rings is 1. The van der Waals surface area contributed by atoms with Crippen molar-refractivity contribution in [3.8, 4) is 0 Å². The molecule has 2 saturated heterocycles. The van der Waals surface area contributed by atoms with Crippen molar-refractivity contribution in [1.29, 1.82) is 0 Å². The summed E-state index contributed by atoms with van der Waals surface area (Å²) in [6, 6.07) is 1.26. The number of alkyl halides is 1. The Bertz CT molecular complexity index is 436. The lowest BCUT2D eigenvalue weighted by atomic mass is 9.99. The topological polar surface area (TPSA) is 19.4 Å². The lowest BCUT2D eigenvalue weighted by molar-refractivity contribution is 0.0757. The van der Waals surface area contributed by atoms with Gasteiger partial charge < -0.3 is 4.90 Å². The highest BCUT2D eigenvalue weighted by molar-refractivity contribution is 7.09. The molecule has 0 amide bonds. The van der Waals surface area contributed by atoms with Gasteiger partial charge in [-0.25, -0.2) is 4.98 Å². The van der Waals surface area contributed by atoms with Crippen molar-refractivity contribution >= 4 is 22.9 Å². The molecule has 0 radical (unpaired) electrons. The SMILES string of the molecule is CC(c1nc(CCl)cs1)N1CCC(N2CCCCC2)CC1. The Kier molecular flexibility index (Phi) is 5.54. The van der Waals surface area contributed by atoms with E-state index in [0.717, 1.165) is 11.7 Å². The van der Waals surface area contributed by atoms with Crippen molar-refractivity contribution in [3.63, 3.8) is 0 Å².